The molecule has 7 nitrogen and oxygen atoms in total. The number of aromatic nitrogens is 5. The number of nitrogens with one attached hydrogen (secondary N) is 1. The minimum absolute atomic E-state index is 0.250. The van der Waals surface area contributed by atoms with Gasteiger partial charge in [-0.1, -0.05) is 0 Å². The predicted octanol–water partition coefficient (Wildman–Crippen LogP) is 0.108. The molecule has 0 saturated heterocycles. The Morgan fingerprint density at radius 3 is 2.80 bits per heavy atom. The molecule has 0 radical (unpaired) electrons. The number of ether oxygens (including phenoxy) is 1. The van der Waals surface area contributed by atoms with Gasteiger partial charge in [-0.25, -0.2) is 4.68 Å². The number of anilines is 1. The third-order valence-electron chi connectivity index (χ3n) is 1.72. The van der Waals surface area contributed by atoms with E-state index in [-0.39, 0.29) is 6.01 Å². The maximum atomic E-state index is 4.95. The zero-order chi connectivity index (χ0) is 10.7. The van der Waals surface area contributed by atoms with Gasteiger partial charge in [0.1, 0.15) is 0 Å². The summed E-state index contributed by atoms with van der Waals surface area (Å²) in [5, 5.41) is 6.84. The number of rotatable bonds is 3. The van der Waals surface area contributed by atoms with Crippen molar-refractivity contribution in [3.8, 4) is 12.0 Å². The summed E-state index contributed by atoms with van der Waals surface area (Å²) >= 11 is 0. The molecule has 7 heteroatoms. The highest BCUT2D eigenvalue weighted by Crippen LogP contribution is 2.08. The fourth-order valence-electron chi connectivity index (χ4n) is 1.04. The molecule has 2 heterocycles. The molecule has 0 saturated carbocycles. The van der Waals surface area contributed by atoms with E-state index < -0.39 is 0 Å². The van der Waals surface area contributed by atoms with Crippen molar-refractivity contribution in [2.75, 3.05) is 19.5 Å². The van der Waals surface area contributed by atoms with Crippen LogP contribution in [0.1, 0.15) is 0 Å². The molecule has 0 aliphatic heterocycles. The Labute approximate surface area is 86.1 Å². The average Bonchev–Trinajstić information content (AvgIpc) is 2.81. The topological polar surface area (TPSA) is 77.8 Å². The Morgan fingerprint density at radius 1 is 1.33 bits per heavy atom. The van der Waals surface area contributed by atoms with Crippen molar-refractivity contribution >= 4 is 5.95 Å². The van der Waals surface area contributed by atoms with E-state index in [0.29, 0.717) is 11.9 Å². The van der Waals surface area contributed by atoms with Crippen LogP contribution in [0.15, 0.2) is 18.5 Å². The van der Waals surface area contributed by atoms with Gasteiger partial charge in [0.2, 0.25) is 5.95 Å². The second-order valence-electron chi connectivity index (χ2n) is 2.65. The summed E-state index contributed by atoms with van der Waals surface area (Å²) < 4.78 is 6.48. The quantitative estimate of drug-likeness (QED) is 0.767. The number of nitrogens with zero attached hydrogens (tertiary/aromatic N) is 5. The van der Waals surface area contributed by atoms with Gasteiger partial charge in [-0.2, -0.15) is 20.1 Å². The van der Waals surface area contributed by atoms with Crippen LogP contribution < -0.4 is 10.1 Å². The lowest BCUT2D eigenvalue weighted by Gasteiger charge is -2.04. The molecule has 0 aliphatic carbocycles. The van der Waals surface area contributed by atoms with Crippen molar-refractivity contribution in [3.63, 3.8) is 0 Å². The summed E-state index contributed by atoms with van der Waals surface area (Å²) in [5.74, 6) is 0.851. The first-order chi connectivity index (χ1) is 7.33. The fourth-order valence-corrected chi connectivity index (χ4v) is 1.04. The van der Waals surface area contributed by atoms with Gasteiger partial charge in [-0.3, -0.25) is 0 Å². The van der Waals surface area contributed by atoms with Gasteiger partial charge in [0.15, 0.2) is 0 Å². The molecule has 78 valence electrons. The van der Waals surface area contributed by atoms with Gasteiger partial charge in [0.05, 0.1) is 7.11 Å². The summed E-state index contributed by atoms with van der Waals surface area (Å²) in [6.07, 6.45) is 3.39. The molecule has 2 aromatic heterocycles. The molecule has 0 spiro atoms. The molecule has 0 fully saturated rings. The van der Waals surface area contributed by atoms with Gasteiger partial charge in [-0.15, -0.1) is 0 Å². The highest BCUT2D eigenvalue weighted by molar-refractivity contribution is 5.28. The molecule has 0 aliphatic rings. The highest BCUT2D eigenvalue weighted by Gasteiger charge is 2.06. The van der Waals surface area contributed by atoms with E-state index in [2.05, 4.69) is 25.4 Å². The van der Waals surface area contributed by atoms with Crippen molar-refractivity contribution in [3.05, 3.63) is 18.5 Å². The van der Waals surface area contributed by atoms with E-state index >= 15 is 0 Å². The van der Waals surface area contributed by atoms with Crippen LogP contribution in [0.25, 0.3) is 5.95 Å². The summed E-state index contributed by atoms with van der Waals surface area (Å²) in [4.78, 5) is 12.2. The van der Waals surface area contributed by atoms with Crippen LogP contribution in [0.3, 0.4) is 0 Å². The van der Waals surface area contributed by atoms with Crippen LogP contribution in [0.4, 0.5) is 5.95 Å². The van der Waals surface area contributed by atoms with Crippen LogP contribution >= 0.6 is 0 Å². The van der Waals surface area contributed by atoms with Gasteiger partial charge >= 0.3 is 6.01 Å². The lowest BCUT2D eigenvalue weighted by molar-refractivity contribution is 0.377. The summed E-state index contributed by atoms with van der Waals surface area (Å²) in [6, 6.07) is 2.04. The second-order valence-corrected chi connectivity index (χ2v) is 2.65. The Balaban J connectivity index is 2.47. The molecular weight excluding hydrogens is 196 g/mol. The van der Waals surface area contributed by atoms with Crippen LogP contribution in [-0.4, -0.2) is 38.9 Å². The fraction of sp³-hybridized carbons (Fsp3) is 0.250. The monoisotopic (exact) mass is 206 g/mol. The maximum Gasteiger partial charge on any atom is 0.322 e. The summed E-state index contributed by atoms with van der Waals surface area (Å²) in [6.45, 7) is 0. The third-order valence-corrected chi connectivity index (χ3v) is 1.72. The van der Waals surface area contributed by atoms with E-state index in [0.717, 1.165) is 0 Å². The van der Waals surface area contributed by atoms with E-state index in [4.69, 9.17) is 4.74 Å². The van der Waals surface area contributed by atoms with Crippen molar-refractivity contribution in [2.45, 2.75) is 0 Å². The average molecular weight is 206 g/mol. The summed E-state index contributed by atoms with van der Waals surface area (Å²) in [5.41, 5.74) is 0. The third kappa shape index (κ3) is 1.85. The number of hydrogen-bond acceptors (Lipinski definition) is 6. The lowest BCUT2D eigenvalue weighted by Crippen LogP contribution is -2.08. The van der Waals surface area contributed by atoms with E-state index in [1.807, 2.05) is 0 Å². The van der Waals surface area contributed by atoms with E-state index in [9.17, 15) is 0 Å². The number of hydrogen-bond donors (Lipinski definition) is 1. The normalized spacial score (nSPS) is 10.0. The van der Waals surface area contributed by atoms with Crippen molar-refractivity contribution in [2.24, 2.45) is 0 Å². The largest absolute Gasteiger partial charge is 0.467 e. The molecule has 2 aromatic rings. The Morgan fingerprint density at radius 2 is 2.20 bits per heavy atom. The van der Waals surface area contributed by atoms with Gasteiger partial charge < -0.3 is 10.1 Å². The van der Waals surface area contributed by atoms with Crippen molar-refractivity contribution in [1.82, 2.24) is 24.7 Å². The Hall–Kier alpha value is -2.18. The molecular formula is C8H10N6O. The predicted molar refractivity (Wildman–Crippen MR) is 53.0 cm³/mol. The first-order valence-corrected chi connectivity index (χ1v) is 4.31. The molecule has 0 aromatic carbocycles. The van der Waals surface area contributed by atoms with Crippen LogP contribution in [0.5, 0.6) is 6.01 Å². The van der Waals surface area contributed by atoms with Crippen LogP contribution in [-0.2, 0) is 0 Å². The molecule has 2 rings (SSSR count). The van der Waals surface area contributed by atoms with Gasteiger partial charge in [0, 0.05) is 19.4 Å². The highest BCUT2D eigenvalue weighted by atomic mass is 16.5. The zero-order valence-corrected chi connectivity index (χ0v) is 8.38. The maximum absolute atomic E-state index is 4.95. The second kappa shape index (κ2) is 3.91. The Bertz CT molecular complexity index is 418. The molecule has 15 heavy (non-hydrogen) atoms. The van der Waals surface area contributed by atoms with Gasteiger partial charge in [-0.05, 0) is 6.07 Å². The molecule has 0 amide bonds. The standard InChI is InChI=1S/C8H10N6O/c1-9-6-11-7(13-8(12-6)15-2)14-5-3-4-10-14/h3-5H,1-2H3,(H,9,11,12,13). The molecule has 0 atom stereocenters. The van der Waals surface area contributed by atoms with E-state index in [1.54, 1.807) is 25.5 Å². The van der Waals surface area contributed by atoms with Crippen molar-refractivity contribution in [1.29, 1.82) is 0 Å². The van der Waals surface area contributed by atoms with Crippen molar-refractivity contribution < 1.29 is 4.74 Å². The first kappa shape index (κ1) is 9.38. The Kier molecular flexibility index (Phi) is 2.44. The molecule has 1 N–H and O–H groups in total. The SMILES string of the molecule is CNc1nc(OC)nc(-n2cccn2)n1. The van der Waals surface area contributed by atoms with Crippen LogP contribution in [0.2, 0.25) is 0 Å². The zero-order valence-electron chi connectivity index (χ0n) is 8.38. The number of methoxy groups -OCH3 is 1. The van der Waals surface area contributed by atoms with E-state index in [1.165, 1.54) is 11.8 Å². The van der Waals surface area contributed by atoms with Crippen LogP contribution in [0, 0.1) is 0 Å². The minimum Gasteiger partial charge on any atom is -0.467 e. The lowest BCUT2D eigenvalue weighted by atomic mass is 10.7. The minimum atomic E-state index is 0.250. The molecule has 0 unspecified atom stereocenters. The van der Waals surface area contributed by atoms with Gasteiger partial charge in [0.25, 0.3) is 5.95 Å². The smallest absolute Gasteiger partial charge is 0.322 e. The first-order valence-electron chi connectivity index (χ1n) is 4.31. The summed E-state index contributed by atoms with van der Waals surface area (Å²) in [7, 11) is 3.23. The molecule has 0 bridgehead atoms.